The number of rotatable bonds is 6. The van der Waals surface area contributed by atoms with Gasteiger partial charge in [-0.05, 0) is 13.3 Å². The van der Waals surface area contributed by atoms with Crippen LogP contribution in [0.2, 0.25) is 5.15 Å². The second-order valence-corrected chi connectivity index (χ2v) is 3.88. The summed E-state index contributed by atoms with van der Waals surface area (Å²) < 4.78 is 4.96. The molecule has 0 aliphatic heterocycles. The molecule has 1 rings (SSSR count). The highest BCUT2D eigenvalue weighted by Crippen LogP contribution is 2.13. The second kappa shape index (κ2) is 6.45. The fourth-order valence-corrected chi connectivity index (χ4v) is 1.49. The highest BCUT2D eigenvalue weighted by molar-refractivity contribution is 6.29. The molecule has 0 aliphatic carbocycles. The zero-order valence-corrected chi connectivity index (χ0v) is 10.3. The Hall–Kier alpha value is -1.13. The molecule has 0 aliphatic rings. The number of hydrogen-bond acceptors (Lipinski definition) is 4. The van der Waals surface area contributed by atoms with Gasteiger partial charge in [0.25, 0.3) is 0 Å². The molecule has 1 aromatic heterocycles. The van der Waals surface area contributed by atoms with E-state index in [0.717, 1.165) is 6.42 Å². The van der Waals surface area contributed by atoms with Crippen LogP contribution in [-0.4, -0.2) is 23.1 Å². The van der Waals surface area contributed by atoms with Gasteiger partial charge in [0.2, 0.25) is 0 Å². The van der Waals surface area contributed by atoms with Crippen LogP contribution in [0.4, 0.5) is 5.82 Å². The molecular formula is C11H16ClN3O. The van der Waals surface area contributed by atoms with Crippen LogP contribution in [0.5, 0.6) is 0 Å². The third-order valence-corrected chi connectivity index (χ3v) is 2.12. The maximum Gasteiger partial charge on any atom is 0.158 e. The molecule has 88 valence electrons. The summed E-state index contributed by atoms with van der Waals surface area (Å²) in [5.41, 5.74) is 0. The van der Waals surface area contributed by atoms with Gasteiger partial charge in [0.05, 0.1) is 0 Å². The normalized spacial score (nSPS) is 12.2. The predicted octanol–water partition coefficient (Wildman–Crippen LogP) is 2.65. The molecule has 0 bridgehead atoms. The van der Waals surface area contributed by atoms with Crippen LogP contribution in [0, 0.1) is 0 Å². The van der Waals surface area contributed by atoms with E-state index in [0.29, 0.717) is 23.4 Å². The average molecular weight is 242 g/mol. The molecule has 0 amide bonds. The van der Waals surface area contributed by atoms with Gasteiger partial charge in [-0.1, -0.05) is 17.7 Å². The number of aromatic nitrogens is 2. The quantitative estimate of drug-likeness (QED) is 0.615. The van der Waals surface area contributed by atoms with Crippen LogP contribution >= 0.6 is 11.6 Å². The summed E-state index contributed by atoms with van der Waals surface area (Å²) in [7, 11) is 1.59. The fourth-order valence-electron chi connectivity index (χ4n) is 1.29. The molecular weight excluding hydrogens is 226 g/mol. The van der Waals surface area contributed by atoms with Gasteiger partial charge < -0.3 is 10.1 Å². The minimum atomic E-state index is 0.263. The highest BCUT2D eigenvalue weighted by Gasteiger charge is 2.05. The van der Waals surface area contributed by atoms with Crippen molar-refractivity contribution >= 4 is 17.4 Å². The van der Waals surface area contributed by atoms with Crippen molar-refractivity contribution in [1.29, 1.82) is 0 Å². The molecule has 1 aromatic rings. The van der Waals surface area contributed by atoms with E-state index < -0.39 is 0 Å². The van der Waals surface area contributed by atoms with E-state index in [1.807, 2.05) is 13.0 Å². The van der Waals surface area contributed by atoms with E-state index in [2.05, 4.69) is 21.9 Å². The van der Waals surface area contributed by atoms with E-state index in [1.54, 1.807) is 13.2 Å². The van der Waals surface area contributed by atoms with Crippen molar-refractivity contribution in [2.45, 2.75) is 26.0 Å². The van der Waals surface area contributed by atoms with Crippen LogP contribution in [0.25, 0.3) is 0 Å². The lowest BCUT2D eigenvalue weighted by Gasteiger charge is -2.13. The van der Waals surface area contributed by atoms with Crippen molar-refractivity contribution < 1.29 is 4.74 Å². The summed E-state index contributed by atoms with van der Waals surface area (Å²) in [5.74, 6) is 1.28. The number of nitrogens with one attached hydrogen (secondary N) is 1. The lowest BCUT2D eigenvalue weighted by molar-refractivity contribution is 0.178. The van der Waals surface area contributed by atoms with Gasteiger partial charge in [0.1, 0.15) is 17.6 Å². The first-order valence-electron chi connectivity index (χ1n) is 5.05. The van der Waals surface area contributed by atoms with Gasteiger partial charge in [0, 0.05) is 19.2 Å². The van der Waals surface area contributed by atoms with Crippen molar-refractivity contribution in [3.63, 3.8) is 0 Å². The van der Waals surface area contributed by atoms with Crippen molar-refractivity contribution in [2.75, 3.05) is 12.4 Å². The first-order valence-corrected chi connectivity index (χ1v) is 5.43. The average Bonchev–Trinajstić information content (AvgIpc) is 2.17. The van der Waals surface area contributed by atoms with Crippen LogP contribution in [-0.2, 0) is 11.3 Å². The van der Waals surface area contributed by atoms with Gasteiger partial charge >= 0.3 is 0 Å². The number of halogens is 1. The van der Waals surface area contributed by atoms with Gasteiger partial charge in [-0.25, -0.2) is 9.97 Å². The predicted molar refractivity (Wildman–Crippen MR) is 65.7 cm³/mol. The lowest BCUT2D eigenvalue weighted by atomic mass is 10.2. The monoisotopic (exact) mass is 241 g/mol. The zero-order valence-electron chi connectivity index (χ0n) is 9.53. The van der Waals surface area contributed by atoms with Crippen LogP contribution < -0.4 is 5.32 Å². The number of methoxy groups -OCH3 is 1. The second-order valence-electron chi connectivity index (χ2n) is 3.49. The minimum Gasteiger partial charge on any atom is -0.377 e. The summed E-state index contributed by atoms with van der Waals surface area (Å²) in [4.78, 5) is 8.33. The van der Waals surface area contributed by atoms with Gasteiger partial charge in [0.15, 0.2) is 5.82 Å². The molecule has 1 atom stereocenters. The Morgan fingerprint density at radius 1 is 1.62 bits per heavy atom. The summed E-state index contributed by atoms with van der Waals surface area (Å²) in [6.45, 7) is 6.09. The smallest absolute Gasteiger partial charge is 0.158 e. The van der Waals surface area contributed by atoms with E-state index in [1.165, 1.54) is 0 Å². The Balaban J connectivity index is 2.75. The van der Waals surface area contributed by atoms with Crippen molar-refractivity contribution in [3.05, 3.63) is 29.7 Å². The largest absolute Gasteiger partial charge is 0.377 e. The van der Waals surface area contributed by atoms with E-state index in [9.17, 15) is 0 Å². The molecule has 4 nitrogen and oxygen atoms in total. The first-order chi connectivity index (χ1) is 7.65. The summed E-state index contributed by atoms with van der Waals surface area (Å²) in [6, 6.07) is 1.96. The van der Waals surface area contributed by atoms with E-state index in [-0.39, 0.29) is 6.04 Å². The van der Waals surface area contributed by atoms with E-state index >= 15 is 0 Å². The minimum absolute atomic E-state index is 0.263. The Bertz CT molecular complexity index is 357. The standard InChI is InChI=1S/C11H16ClN3O/c1-4-5-8(2)13-10-6-9(12)14-11(15-10)7-16-3/h4,6,8H,1,5,7H2,2-3H3,(H,13,14,15). The molecule has 1 unspecified atom stereocenters. The highest BCUT2D eigenvalue weighted by atomic mass is 35.5. The zero-order chi connectivity index (χ0) is 12.0. The molecule has 0 saturated heterocycles. The van der Waals surface area contributed by atoms with Crippen LogP contribution in [0.3, 0.4) is 0 Å². The topological polar surface area (TPSA) is 47.0 Å². The molecule has 5 heteroatoms. The summed E-state index contributed by atoms with van der Waals surface area (Å²) in [6.07, 6.45) is 2.72. The molecule has 0 spiro atoms. The third kappa shape index (κ3) is 4.16. The third-order valence-electron chi connectivity index (χ3n) is 1.93. The molecule has 0 radical (unpaired) electrons. The van der Waals surface area contributed by atoms with Gasteiger partial charge in [-0.3, -0.25) is 0 Å². The van der Waals surface area contributed by atoms with E-state index in [4.69, 9.17) is 16.3 Å². The van der Waals surface area contributed by atoms with Crippen molar-refractivity contribution in [1.82, 2.24) is 9.97 Å². The number of ether oxygens (including phenoxy) is 1. The Morgan fingerprint density at radius 3 is 3.00 bits per heavy atom. The van der Waals surface area contributed by atoms with Gasteiger partial charge in [-0.2, -0.15) is 0 Å². The number of anilines is 1. The first kappa shape index (κ1) is 12.9. The molecule has 0 aromatic carbocycles. The van der Waals surface area contributed by atoms with Gasteiger partial charge in [-0.15, -0.1) is 6.58 Å². The summed E-state index contributed by atoms with van der Waals surface area (Å²) >= 11 is 5.88. The van der Waals surface area contributed by atoms with Crippen LogP contribution in [0.1, 0.15) is 19.2 Å². The SMILES string of the molecule is C=CCC(C)Nc1cc(Cl)nc(COC)n1. The summed E-state index contributed by atoms with van der Waals surface area (Å²) in [5, 5.41) is 3.63. The number of hydrogen-bond donors (Lipinski definition) is 1. The lowest BCUT2D eigenvalue weighted by Crippen LogP contribution is -2.15. The molecule has 0 saturated carbocycles. The van der Waals surface area contributed by atoms with Crippen molar-refractivity contribution in [3.8, 4) is 0 Å². The molecule has 1 N–H and O–H groups in total. The maximum absolute atomic E-state index is 5.88. The molecule has 16 heavy (non-hydrogen) atoms. The number of nitrogens with zero attached hydrogens (tertiary/aromatic N) is 2. The Kier molecular flexibility index (Phi) is 5.22. The molecule has 1 heterocycles. The maximum atomic E-state index is 5.88. The Morgan fingerprint density at radius 2 is 2.38 bits per heavy atom. The fraction of sp³-hybridized carbons (Fsp3) is 0.455. The van der Waals surface area contributed by atoms with Crippen LogP contribution in [0.15, 0.2) is 18.7 Å². The van der Waals surface area contributed by atoms with Crippen molar-refractivity contribution in [2.24, 2.45) is 0 Å². The molecule has 0 fully saturated rings. The Labute approximate surface area is 101 Å².